The maximum absolute atomic E-state index is 3.90. The highest BCUT2D eigenvalue weighted by Crippen LogP contribution is 2.14. The molecule has 3 aromatic rings. The summed E-state index contributed by atoms with van der Waals surface area (Å²) >= 11 is 0. The van der Waals surface area contributed by atoms with Gasteiger partial charge in [0.2, 0.25) is 16.9 Å². The van der Waals surface area contributed by atoms with E-state index in [1.54, 1.807) is 0 Å². The molecule has 1 heterocycles. The molecule has 0 amide bonds. The van der Waals surface area contributed by atoms with Crippen LogP contribution in [0.2, 0.25) is 0 Å². The first kappa shape index (κ1) is 10.7. The standard InChI is InChI=1S/C17H14N/c1-2-15-13-12-14-8-6-7-11-17(14)18(15)16-9-4-3-5-10-16/h2-13H,1H2/q+1. The molecule has 18 heavy (non-hydrogen) atoms. The van der Waals surface area contributed by atoms with Gasteiger partial charge in [-0.25, -0.2) is 0 Å². The lowest BCUT2D eigenvalue weighted by atomic mass is 10.1. The van der Waals surface area contributed by atoms with Gasteiger partial charge in [0.1, 0.15) is 0 Å². The van der Waals surface area contributed by atoms with Gasteiger partial charge in [-0.1, -0.05) is 36.9 Å². The number of rotatable bonds is 2. The zero-order chi connectivity index (χ0) is 12.4. The van der Waals surface area contributed by atoms with Gasteiger partial charge in [0.05, 0.1) is 0 Å². The van der Waals surface area contributed by atoms with Crippen molar-refractivity contribution in [2.45, 2.75) is 0 Å². The molecule has 1 heteroatoms. The van der Waals surface area contributed by atoms with E-state index in [1.807, 2.05) is 12.1 Å². The van der Waals surface area contributed by atoms with Crippen LogP contribution in [0.5, 0.6) is 0 Å². The van der Waals surface area contributed by atoms with Gasteiger partial charge < -0.3 is 0 Å². The number of fused-ring (bicyclic) bond motifs is 1. The lowest BCUT2D eigenvalue weighted by molar-refractivity contribution is -0.569. The fourth-order valence-electron chi connectivity index (χ4n) is 2.25. The Kier molecular flexibility index (Phi) is 2.66. The third-order valence-electron chi connectivity index (χ3n) is 3.09. The summed E-state index contributed by atoms with van der Waals surface area (Å²) in [5.74, 6) is 0. The van der Waals surface area contributed by atoms with Crippen molar-refractivity contribution in [2.75, 3.05) is 0 Å². The van der Waals surface area contributed by atoms with Gasteiger partial charge in [-0.3, -0.25) is 0 Å². The molecule has 0 unspecified atom stereocenters. The Bertz CT molecular complexity index is 699. The predicted molar refractivity (Wildman–Crippen MR) is 75.6 cm³/mol. The first-order valence-electron chi connectivity index (χ1n) is 6.02. The zero-order valence-corrected chi connectivity index (χ0v) is 10.1. The summed E-state index contributed by atoms with van der Waals surface area (Å²) in [7, 11) is 0. The van der Waals surface area contributed by atoms with Crippen LogP contribution < -0.4 is 4.57 Å². The SMILES string of the molecule is C=Cc1ccc2ccccc2[n+]1-c1ccccc1. The first-order valence-corrected chi connectivity index (χ1v) is 6.02. The van der Waals surface area contributed by atoms with Crippen LogP contribution in [-0.4, -0.2) is 0 Å². The second-order valence-corrected chi connectivity index (χ2v) is 4.19. The molecule has 0 aliphatic carbocycles. The molecule has 1 aromatic heterocycles. The van der Waals surface area contributed by atoms with Crippen LogP contribution in [-0.2, 0) is 0 Å². The molecular weight excluding hydrogens is 218 g/mol. The number of para-hydroxylation sites is 2. The average Bonchev–Trinajstić information content (AvgIpc) is 2.47. The molecule has 1 nitrogen and oxygen atoms in total. The average molecular weight is 232 g/mol. The number of pyridine rings is 1. The fraction of sp³-hybridized carbons (Fsp3) is 0. The maximum atomic E-state index is 3.90. The Labute approximate surface area is 107 Å². The van der Waals surface area contributed by atoms with Crippen LogP contribution in [0.4, 0.5) is 0 Å². The van der Waals surface area contributed by atoms with Crippen molar-refractivity contribution in [1.82, 2.24) is 0 Å². The van der Waals surface area contributed by atoms with Crippen molar-refractivity contribution in [2.24, 2.45) is 0 Å². The topological polar surface area (TPSA) is 3.88 Å². The van der Waals surface area contributed by atoms with Crippen LogP contribution in [0.3, 0.4) is 0 Å². The molecule has 0 atom stereocenters. The third kappa shape index (κ3) is 1.70. The Balaban J connectivity index is 2.41. The van der Waals surface area contributed by atoms with Gasteiger partial charge >= 0.3 is 0 Å². The largest absolute Gasteiger partial charge is 0.218 e. The molecule has 0 fully saturated rings. The number of aromatic nitrogens is 1. The Morgan fingerprint density at radius 3 is 2.28 bits per heavy atom. The summed E-state index contributed by atoms with van der Waals surface area (Å²) in [6.07, 6.45) is 1.89. The van der Waals surface area contributed by atoms with Crippen molar-refractivity contribution in [1.29, 1.82) is 0 Å². The number of hydrogen-bond acceptors (Lipinski definition) is 0. The van der Waals surface area contributed by atoms with E-state index in [-0.39, 0.29) is 0 Å². The van der Waals surface area contributed by atoms with Gasteiger partial charge in [0, 0.05) is 35.7 Å². The number of benzene rings is 2. The Morgan fingerprint density at radius 2 is 1.50 bits per heavy atom. The van der Waals surface area contributed by atoms with Gasteiger partial charge in [-0.2, -0.15) is 4.57 Å². The van der Waals surface area contributed by atoms with Crippen LogP contribution in [0.1, 0.15) is 5.69 Å². The minimum Gasteiger partial charge on any atom is -0.153 e. The van der Waals surface area contributed by atoms with E-state index >= 15 is 0 Å². The summed E-state index contributed by atoms with van der Waals surface area (Å²) in [6, 6.07) is 23.0. The van der Waals surface area contributed by atoms with Crippen molar-refractivity contribution in [3.8, 4) is 5.69 Å². The van der Waals surface area contributed by atoms with Crippen LogP contribution in [0.15, 0.2) is 73.3 Å². The second kappa shape index (κ2) is 4.46. The Morgan fingerprint density at radius 1 is 0.778 bits per heavy atom. The van der Waals surface area contributed by atoms with Crippen LogP contribution in [0, 0.1) is 0 Å². The van der Waals surface area contributed by atoms with E-state index in [2.05, 4.69) is 71.8 Å². The molecule has 0 aliphatic heterocycles. The highest BCUT2D eigenvalue weighted by Gasteiger charge is 2.15. The molecular formula is C17H14N+. The molecule has 3 rings (SSSR count). The molecule has 86 valence electrons. The third-order valence-corrected chi connectivity index (χ3v) is 3.09. The maximum Gasteiger partial charge on any atom is 0.218 e. The predicted octanol–water partition coefficient (Wildman–Crippen LogP) is 3.76. The summed E-state index contributed by atoms with van der Waals surface area (Å²) in [5, 5.41) is 1.23. The monoisotopic (exact) mass is 232 g/mol. The smallest absolute Gasteiger partial charge is 0.153 e. The minimum atomic E-state index is 1.10. The summed E-state index contributed by atoms with van der Waals surface area (Å²) < 4.78 is 2.22. The highest BCUT2D eigenvalue weighted by atomic mass is 15.0. The van der Waals surface area contributed by atoms with Crippen molar-refractivity contribution >= 4 is 17.0 Å². The molecule has 0 N–H and O–H groups in total. The number of nitrogens with zero attached hydrogens (tertiary/aromatic N) is 1. The Hall–Kier alpha value is -2.41. The van der Waals surface area contributed by atoms with Gasteiger partial charge in [0.15, 0.2) is 0 Å². The normalized spacial score (nSPS) is 10.4. The number of hydrogen-bond donors (Lipinski definition) is 0. The molecule has 2 aromatic carbocycles. The van der Waals surface area contributed by atoms with E-state index in [9.17, 15) is 0 Å². The van der Waals surface area contributed by atoms with Crippen LogP contribution >= 0.6 is 0 Å². The van der Waals surface area contributed by atoms with E-state index < -0.39 is 0 Å². The van der Waals surface area contributed by atoms with E-state index in [4.69, 9.17) is 0 Å². The molecule has 0 saturated heterocycles. The molecule has 0 saturated carbocycles. The molecule has 0 bridgehead atoms. The summed E-state index contributed by atoms with van der Waals surface area (Å²) in [5.41, 5.74) is 3.45. The van der Waals surface area contributed by atoms with E-state index in [0.29, 0.717) is 0 Å². The van der Waals surface area contributed by atoms with Gasteiger partial charge in [0.25, 0.3) is 0 Å². The van der Waals surface area contributed by atoms with Crippen molar-refractivity contribution in [3.05, 3.63) is 79.0 Å². The lowest BCUT2D eigenvalue weighted by Gasteiger charge is -2.03. The van der Waals surface area contributed by atoms with Gasteiger partial charge in [-0.15, -0.1) is 0 Å². The first-order chi connectivity index (χ1) is 8.90. The van der Waals surface area contributed by atoms with Crippen molar-refractivity contribution in [3.63, 3.8) is 0 Å². The lowest BCUT2D eigenvalue weighted by Crippen LogP contribution is -2.34. The van der Waals surface area contributed by atoms with Crippen molar-refractivity contribution < 1.29 is 4.57 Å². The van der Waals surface area contributed by atoms with Crippen LogP contribution in [0.25, 0.3) is 22.7 Å². The highest BCUT2D eigenvalue weighted by molar-refractivity contribution is 5.76. The molecule has 0 spiro atoms. The quantitative estimate of drug-likeness (QED) is 0.592. The molecule has 0 radical (unpaired) electrons. The summed E-state index contributed by atoms with van der Waals surface area (Å²) in [6.45, 7) is 3.90. The summed E-state index contributed by atoms with van der Waals surface area (Å²) in [4.78, 5) is 0. The zero-order valence-electron chi connectivity index (χ0n) is 10.1. The van der Waals surface area contributed by atoms with Gasteiger partial charge in [-0.05, 0) is 12.1 Å². The fourth-order valence-corrected chi connectivity index (χ4v) is 2.25. The minimum absolute atomic E-state index is 1.10. The second-order valence-electron chi connectivity index (χ2n) is 4.19. The van der Waals surface area contributed by atoms with E-state index in [1.165, 1.54) is 10.9 Å². The van der Waals surface area contributed by atoms with E-state index in [0.717, 1.165) is 11.4 Å². The molecule has 0 aliphatic rings.